The smallest absolute Gasteiger partial charge is 0.0130 e. The van der Waals surface area contributed by atoms with E-state index in [4.69, 9.17) is 0 Å². The van der Waals surface area contributed by atoms with Crippen molar-refractivity contribution in [2.45, 2.75) is 13.3 Å². The van der Waals surface area contributed by atoms with Crippen molar-refractivity contribution in [2.24, 2.45) is 0 Å². The molecular formula is C7H9. The molecule has 1 aliphatic carbocycles. The van der Waals surface area contributed by atoms with Gasteiger partial charge in [0.15, 0.2) is 0 Å². The third-order valence-corrected chi connectivity index (χ3v) is 1.17. The van der Waals surface area contributed by atoms with E-state index in [0.29, 0.717) is 0 Å². The number of rotatable bonds is 1. The molecule has 0 heteroatoms. The predicted octanol–water partition coefficient (Wildman–Crippen LogP) is 2.10. The van der Waals surface area contributed by atoms with Gasteiger partial charge in [0.1, 0.15) is 0 Å². The molecule has 1 aliphatic rings. The van der Waals surface area contributed by atoms with Gasteiger partial charge in [0.05, 0.1) is 0 Å². The molecule has 0 atom stereocenters. The van der Waals surface area contributed by atoms with Gasteiger partial charge in [-0.1, -0.05) is 30.7 Å². The average molecular weight is 93.1 g/mol. The summed E-state index contributed by atoms with van der Waals surface area (Å²) >= 11 is 0. The Hall–Kier alpha value is -0.520. The first-order valence-corrected chi connectivity index (χ1v) is 2.58. The van der Waals surface area contributed by atoms with E-state index in [-0.39, 0.29) is 0 Å². The van der Waals surface area contributed by atoms with Crippen LogP contribution in [0.3, 0.4) is 0 Å². The van der Waals surface area contributed by atoms with E-state index in [2.05, 4.69) is 31.6 Å². The molecule has 1 rings (SSSR count). The van der Waals surface area contributed by atoms with Crippen LogP contribution >= 0.6 is 0 Å². The molecule has 0 bridgehead atoms. The molecule has 0 nitrogen and oxygen atoms in total. The highest BCUT2D eigenvalue weighted by Crippen LogP contribution is 2.11. The minimum atomic E-state index is 1.14. The summed E-state index contributed by atoms with van der Waals surface area (Å²) in [5, 5.41) is 0. The number of hydrogen-bond acceptors (Lipinski definition) is 0. The van der Waals surface area contributed by atoms with E-state index in [1.807, 2.05) is 0 Å². The summed E-state index contributed by atoms with van der Waals surface area (Å²) in [4.78, 5) is 0. The summed E-state index contributed by atoms with van der Waals surface area (Å²) in [5.41, 5.74) is 1.43. The first kappa shape index (κ1) is 4.63. The van der Waals surface area contributed by atoms with Gasteiger partial charge in [-0.25, -0.2) is 0 Å². The minimum absolute atomic E-state index is 1.14. The molecule has 0 spiro atoms. The Balaban J connectivity index is 2.45. The van der Waals surface area contributed by atoms with E-state index in [1.54, 1.807) is 0 Å². The Labute approximate surface area is 44.5 Å². The van der Waals surface area contributed by atoms with E-state index in [0.717, 1.165) is 6.42 Å². The molecule has 0 aromatic rings. The van der Waals surface area contributed by atoms with Gasteiger partial charge in [-0.05, 0) is 12.8 Å². The standard InChI is InChI=1S/C7H9/c1-2-7-5-3-4-6-7/h2-5H,6H2,1H3. The fourth-order valence-electron chi connectivity index (χ4n) is 0.678. The van der Waals surface area contributed by atoms with Crippen molar-refractivity contribution in [3.05, 3.63) is 30.2 Å². The van der Waals surface area contributed by atoms with Crippen LogP contribution in [0.25, 0.3) is 0 Å². The normalized spacial score (nSPS) is 17.6. The molecule has 0 heterocycles. The van der Waals surface area contributed by atoms with Crippen LogP contribution in [0.15, 0.2) is 23.8 Å². The largest absolute Gasteiger partial charge is 0.0805 e. The summed E-state index contributed by atoms with van der Waals surface area (Å²) in [6, 6.07) is 0. The van der Waals surface area contributed by atoms with Crippen molar-refractivity contribution in [1.29, 1.82) is 0 Å². The lowest BCUT2D eigenvalue weighted by Crippen LogP contribution is -1.70. The van der Waals surface area contributed by atoms with Gasteiger partial charge >= 0.3 is 0 Å². The van der Waals surface area contributed by atoms with Crippen LogP contribution in [0, 0.1) is 6.42 Å². The lowest BCUT2D eigenvalue weighted by molar-refractivity contribution is 1.24. The topological polar surface area (TPSA) is 0 Å². The molecule has 0 aromatic heterocycles. The Bertz CT molecular complexity index is 107. The highest BCUT2D eigenvalue weighted by molar-refractivity contribution is 5.27. The fourth-order valence-corrected chi connectivity index (χ4v) is 0.678. The first-order valence-electron chi connectivity index (χ1n) is 2.58. The molecular weight excluding hydrogens is 84.1 g/mol. The zero-order chi connectivity index (χ0) is 5.11. The Morgan fingerprint density at radius 3 is 2.86 bits per heavy atom. The minimum Gasteiger partial charge on any atom is -0.0805 e. The molecule has 0 amide bonds. The summed E-state index contributed by atoms with van der Waals surface area (Å²) in [5.74, 6) is 0. The maximum Gasteiger partial charge on any atom is -0.0130 e. The van der Waals surface area contributed by atoms with Gasteiger partial charge < -0.3 is 0 Å². The van der Waals surface area contributed by atoms with E-state index < -0.39 is 0 Å². The average Bonchev–Trinajstić information content (AvgIpc) is 2.14. The highest BCUT2D eigenvalue weighted by Gasteiger charge is 1.92. The second-order valence-electron chi connectivity index (χ2n) is 1.66. The maximum atomic E-state index is 2.16. The quantitative estimate of drug-likeness (QED) is 0.465. The van der Waals surface area contributed by atoms with Crippen molar-refractivity contribution in [3.63, 3.8) is 0 Å². The van der Waals surface area contributed by atoms with Crippen molar-refractivity contribution in [1.82, 2.24) is 0 Å². The molecule has 0 aromatic carbocycles. The lowest BCUT2D eigenvalue weighted by atomic mass is 10.2. The SMILES string of the molecule is C[CH]C1=CC=CC1. The third kappa shape index (κ3) is 0.923. The molecule has 0 N–H and O–H groups in total. The predicted molar refractivity (Wildman–Crippen MR) is 31.8 cm³/mol. The molecule has 0 saturated carbocycles. The second kappa shape index (κ2) is 1.97. The van der Waals surface area contributed by atoms with Crippen LogP contribution in [0.2, 0.25) is 0 Å². The van der Waals surface area contributed by atoms with Gasteiger partial charge in [-0.2, -0.15) is 0 Å². The summed E-state index contributed by atoms with van der Waals surface area (Å²) in [6.07, 6.45) is 9.67. The van der Waals surface area contributed by atoms with Gasteiger partial charge in [-0.15, -0.1) is 0 Å². The zero-order valence-corrected chi connectivity index (χ0v) is 4.52. The van der Waals surface area contributed by atoms with Crippen LogP contribution in [0.5, 0.6) is 0 Å². The van der Waals surface area contributed by atoms with Crippen molar-refractivity contribution < 1.29 is 0 Å². The molecule has 0 aliphatic heterocycles. The van der Waals surface area contributed by atoms with E-state index in [1.165, 1.54) is 5.57 Å². The maximum absolute atomic E-state index is 2.16. The van der Waals surface area contributed by atoms with Crippen molar-refractivity contribution in [3.8, 4) is 0 Å². The summed E-state index contributed by atoms with van der Waals surface area (Å²) < 4.78 is 0. The van der Waals surface area contributed by atoms with Gasteiger partial charge in [0.2, 0.25) is 0 Å². The molecule has 37 valence electrons. The van der Waals surface area contributed by atoms with Crippen molar-refractivity contribution >= 4 is 0 Å². The van der Waals surface area contributed by atoms with Crippen molar-refractivity contribution in [2.75, 3.05) is 0 Å². The first-order chi connectivity index (χ1) is 3.43. The summed E-state index contributed by atoms with van der Waals surface area (Å²) in [6.45, 7) is 2.07. The van der Waals surface area contributed by atoms with Gasteiger partial charge in [0, 0.05) is 0 Å². The van der Waals surface area contributed by atoms with Crippen LogP contribution in [0.4, 0.5) is 0 Å². The van der Waals surface area contributed by atoms with Crippen LogP contribution in [-0.4, -0.2) is 0 Å². The Morgan fingerprint density at radius 1 is 1.71 bits per heavy atom. The molecule has 0 fully saturated rings. The Morgan fingerprint density at radius 2 is 2.57 bits per heavy atom. The molecule has 0 unspecified atom stereocenters. The lowest BCUT2D eigenvalue weighted by Gasteiger charge is -1.88. The Kier molecular flexibility index (Phi) is 1.30. The number of hydrogen-bond donors (Lipinski definition) is 0. The van der Waals surface area contributed by atoms with E-state index >= 15 is 0 Å². The third-order valence-electron chi connectivity index (χ3n) is 1.17. The van der Waals surface area contributed by atoms with Crippen LogP contribution in [-0.2, 0) is 0 Å². The summed E-state index contributed by atoms with van der Waals surface area (Å²) in [7, 11) is 0. The highest BCUT2D eigenvalue weighted by atomic mass is 14.0. The zero-order valence-electron chi connectivity index (χ0n) is 4.52. The molecule has 7 heavy (non-hydrogen) atoms. The van der Waals surface area contributed by atoms with Crippen LogP contribution in [0.1, 0.15) is 13.3 Å². The second-order valence-corrected chi connectivity index (χ2v) is 1.66. The van der Waals surface area contributed by atoms with E-state index in [9.17, 15) is 0 Å². The van der Waals surface area contributed by atoms with Crippen LogP contribution < -0.4 is 0 Å². The van der Waals surface area contributed by atoms with Gasteiger partial charge in [0.25, 0.3) is 0 Å². The molecule has 1 radical (unpaired) electrons. The number of allylic oxidation sites excluding steroid dienone is 4. The monoisotopic (exact) mass is 93.1 g/mol. The molecule has 0 saturated heterocycles. The van der Waals surface area contributed by atoms with Gasteiger partial charge in [-0.3, -0.25) is 0 Å². The fraction of sp³-hybridized carbons (Fsp3) is 0.286.